The Morgan fingerprint density at radius 2 is 1.91 bits per heavy atom. The van der Waals surface area contributed by atoms with Gasteiger partial charge in [-0.1, -0.05) is 29.4 Å². The lowest BCUT2D eigenvalue weighted by molar-refractivity contribution is -0.384. The lowest BCUT2D eigenvalue weighted by atomic mass is 10.1. The summed E-state index contributed by atoms with van der Waals surface area (Å²) in [5, 5.41) is 21.8. The third-order valence-electron chi connectivity index (χ3n) is 5.11. The van der Waals surface area contributed by atoms with Crippen molar-refractivity contribution in [1.82, 2.24) is 14.9 Å². The molecule has 4 aromatic rings. The number of non-ortho nitro benzene ring substituents is 1. The summed E-state index contributed by atoms with van der Waals surface area (Å²) < 4.78 is 12.6. The summed E-state index contributed by atoms with van der Waals surface area (Å²) in [6.45, 7) is 4.31. The van der Waals surface area contributed by atoms with Gasteiger partial charge in [0.25, 0.3) is 11.6 Å². The first-order valence-electron chi connectivity index (χ1n) is 10.1. The fourth-order valence-corrected chi connectivity index (χ4v) is 3.21. The Hall–Kier alpha value is -4.47. The van der Waals surface area contributed by atoms with Crippen molar-refractivity contribution in [3.63, 3.8) is 0 Å². The fourth-order valence-electron chi connectivity index (χ4n) is 3.21. The molecule has 10 heteroatoms. The first-order valence-corrected chi connectivity index (χ1v) is 10.1. The maximum Gasteiger partial charge on any atom is 0.279 e. The van der Waals surface area contributed by atoms with Crippen LogP contribution in [-0.4, -0.2) is 25.8 Å². The Morgan fingerprint density at radius 1 is 1.15 bits per heavy atom. The molecule has 0 unspecified atom stereocenters. The highest BCUT2D eigenvalue weighted by molar-refractivity contribution is 6.03. The highest BCUT2D eigenvalue weighted by Gasteiger charge is 2.21. The van der Waals surface area contributed by atoms with E-state index in [2.05, 4.69) is 15.6 Å². The van der Waals surface area contributed by atoms with Gasteiger partial charge in [0, 0.05) is 24.4 Å². The SMILES string of the molecule is Cc1ccccc1Cn1ccc(NC(=O)c2noc(C)c2COc2ccc([N+](=O)[O-])cc2)n1. The van der Waals surface area contributed by atoms with Crippen molar-refractivity contribution in [2.75, 3.05) is 5.32 Å². The van der Waals surface area contributed by atoms with Crippen LogP contribution in [0.25, 0.3) is 0 Å². The van der Waals surface area contributed by atoms with Gasteiger partial charge in [-0.25, -0.2) is 0 Å². The van der Waals surface area contributed by atoms with E-state index in [4.69, 9.17) is 9.26 Å². The number of benzene rings is 2. The maximum absolute atomic E-state index is 12.8. The number of hydrogen-bond donors (Lipinski definition) is 1. The monoisotopic (exact) mass is 447 g/mol. The molecule has 0 radical (unpaired) electrons. The second-order valence-corrected chi connectivity index (χ2v) is 7.38. The van der Waals surface area contributed by atoms with Crippen LogP contribution >= 0.6 is 0 Å². The Bertz CT molecular complexity index is 1290. The molecule has 0 saturated carbocycles. The topological polar surface area (TPSA) is 125 Å². The van der Waals surface area contributed by atoms with Crippen molar-refractivity contribution < 1.29 is 19.0 Å². The first kappa shape index (κ1) is 21.8. The molecular weight excluding hydrogens is 426 g/mol. The summed E-state index contributed by atoms with van der Waals surface area (Å²) in [7, 11) is 0. The van der Waals surface area contributed by atoms with Crippen molar-refractivity contribution in [2.24, 2.45) is 0 Å². The van der Waals surface area contributed by atoms with Gasteiger partial charge in [-0.05, 0) is 37.1 Å². The van der Waals surface area contributed by atoms with Gasteiger partial charge in [0.2, 0.25) is 0 Å². The van der Waals surface area contributed by atoms with Gasteiger partial charge in [0.1, 0.15) is 18.1 Å². The molecule has 2 aromatic carbocycles. The van der Waals surface area contributed by atoms with Crippen LogP contribution in [-0.2, 0) is 13.2 Å². The van der Waals surface area contributed by atoms with Crippen molar-refractivity contribution in [2.45, 2.75) is 27.0 Å². The third kappa shape index (κ3) is 5.06. The van der Waals surface area contributed by atoms with E-state index >= 15 is 0 Å². The third-order valence-corrected chi connectivity index (χ3v) is 5.11. The normalized spacial score (nSPS) is 10.7. The average molecular weight is 447 g/mol. The molecule has 0 aliphatic rings. The molecule has 168 valence electrons. The summed E-state index contributed by atoms with van der Waals surface area (Å²) in [6.07, 6.45) is 1.79. The largest absolute Gasteiger partial charge is 0.489 e. The first-order chi connectivity index (χ1) is 15.9. The van der Waals surface area contributed by atoms with E-state index in [-0.39, 0.29) is 18.0 Å². The Kier molecular flexibility index (Phi) is 6.16. The number of ether oxygens (including phenoxy) is 1. The van der Waals surface area contributed by atoms with E-state index in [9.17, 15) is 14.9 Å². The highest BCUT2D eigenvalue weighted by Crippen LogP contribution is 2.21. The molecule has 0 saturated heterocycles. The van der Waals surface area contributed by atoms with Crippen LogP contribution in [0.2, 0.25) is 0 Å². The van der Waals surface area contributed by atoms with Gasteiger partial charge in [-0.2, -0.15) is 5.10 Å². The van der Waals surface area contributed by atoms with E-state index in [0.717, 1.165) is 11.1 Å². The summed E-state index contributed by atoms with van der Waals surface area (Å²) in [4.78, 5) is 23.1. The second kappa shape index (κ2) is 9.35. The summed E-state index contributed by atoms with van der Waals surface area (Å²) in [5.41, 5.74) is 2.82. The zero-order chi connectivity index (χ0) is 23.4. The van der Waals surface area contributed by atoms with Crippen LogP contribution in [0.15, 0.2) is 65.3 Å². The predicted octanol–water partition coefficient (Wildman–Crippen LogP) is 4.28. The van der Waals surface area contributed by atoms with E-state index in [1.54, 1.807) is 23.9 Å². The quantitative estimate of drug-likeness (QED) is 0.316. The molecule has 0 aliphatic heterocycles. The standard InChI is InChI=1S/C23H21N5O5/c1-15-5-3-4-6-17(15)13-27-12-11-21(25-27)24-23(29)22-20(16(2)33-26-22)14-32-19-9-7-18(8-10-19)28(30)31/h3-12H,13-14H2,1-2H3,(H,24,25,29). The van der Waals surface area contributed by atoms with Crippen molar-refractivity contribution >= 4 is 17.4 Å². The number of nitrogens with one attached hydrogen (secondary N) is 1. The molecule has 0 aliphatic carbocycles. The van der Waals surface area contributed by atoms with Crippen molar-refractivity contribution in [3.8, 4) is 5.75 Å². The molecule has 2 heterocycles. The Balaban J connectivity index is 1.42. The van der Waals surface area contributed by atoms with E-state index in [0.29, 0.717) is 29.4 Å². The van der Waals surface area contributed by atoms with Crippen molar-refractivity contribution in [1.29, 1.82) is 0 Å². The van der Waals surface area contributed by atoms with Crippen LogP contribution in [0.4, 0.5) is 11.5 Å². The molecule has 0 spiro atoms. The number of nitrogens with zero attached hydrogens (tertiary/aromatic N) is 4. The molecule has 2 aromatic heterocycles. The van der Waals surface area contributed by atoms with Crippen LogP contribution in [0, 0.1) is 24.0 Å². The number of carbonyl (C=O) groups excluding carboxylic acids is 1. The summed E-state index contributed by atoms with van der Waals surface area (Å²) in [6, 6.07) is 15.4. The predicted molar refractivity (Wildman–Crippen MR) is 119 cm³/mol. The summed E-state index contributed by atoms with van der Waals surface area (Å²) in [5.74, 6) is 0.765. The van der Waals surface area contributed by atoms with Crippen LogP contribution < -0.4 is 10.1 Å². The second-order valence-electron chi connectivity index (χ2n) is 7.38. The molecule has 33 heavy (non-hydrogen) atoms. The molecule has 1 amide bonds. The number of nitro benzene ring substituents is 1. The molecule has 0 bridgehead atoms. The van der Waals surface area contributed by atoms with E-state index in [1.165, 1.54) is 24.3 Å². The number of nitro groups is 1. The maximum atomic E-state index is 12.8. The number of hydrogen-bond acceptors (Lipinski definition) is 7. The minimum absolute atomic E-state index is 0.0115. The Morgan fingerprint density at radius 3 is 2.64 bits per heavy atom. The van der Waals surface area contributed by atoms with E-state index < -0.39 is 10.8 Å². The average Bonchev–Trinajstić information content (AvgIpc) is 3.40. The highest BCUT2D eigenvalue weighted by atomic mass is 16.6. The zero-order valence-electron chi connectivity index (χ0n) is 18.0. The van der Waals surface area contributed by atoms with Gasteiger partial charge < -0.3 is 14.6 Å². The smallest absolute Gasteiger partial charge is 0.279 e. The minimum atomic E-state index is -0.487. The van der Waals surface area contributed by atoms with Gasteiger partial charge in [0.15, 0.2) is 11.5 Å². The molecule has 0 atom stereocenters. The number of aromatic nitrogens is 3. The molecule has 0 fully saturated rings. The zero-order valence-corrected chi connectivity index (χ0v) is 18.0. The van der Waals surface area contributed by atoms with Gasteiger partial charge in [-0.15, -0.1) is 0 Å². The lowest BCUT2D eigenvalue weighted by Gasteiger charge is -2.07. The van der Waals surface area contributed by atoms with E-state index in [1.807, 2.05) is 31.2 Å². The molecule has 10 nitrogen and oxygen atoms in total. The summed E-state index contributed by atoms with van der Waals surface area (Å²) >= 11 is 0. The Labute approximate surface area is 188 Å². The molecular formula is C23H21N5O5. The van der Waals surface area contributed by atoms with Crippen LogP contribution in [0.1, 0.15) is 32.9 Å². The number of rotatable bonds is 8. The van der Waals surface area contributed by atoms with Gasteiger partial charge in [-0.3, -0.25) is 19.6 Å². The fraction of sp³-hybridized carbons (Fsp3) is 0.174. The minimum Gasteiger partial charge on any atom is -0.489 e. The van der Waals surface area contributed by atoms with Gasteiger partial charge in [0.05, 0.1) is 17.0 Å². The number of anilines is 1. The molecule has 1 N–H and O–H groups in total. The van der Waals surface area contributed by atoms with Crippen molar-refractivity contribution in [3.05, 3.63) is 99.1 Å². The van der Waals surface area contributed by atoms with Gasteiger partial charge >= 0.3 is 0 Å². The molecule has 4 rings (SSSR count). The van der Waals surface area contributed by atoms with Crippen LogP contribution in [0.5, 0.6) is 5.75 Å². The number of amides is 1. The van der Waals surface area contributed by atoms with Crippen LogP contribution in [0.3, 0.4) is 0 Å². The number of aryl methyl sites for hydroxylation is 2. The lowest BCUT2D eigenvalue weighted by Crippen LogP contribution is -2.16. The number of carbonyl (C=O) groups is 1.